The minimum Gasteiger partial charge on any atom is -0.462 e. The second-order valence-corrected chi connectivity index (χ2v) is 5.19. The van der Waals surface area contributed by atoms with Gasteiger partial charge in [-0.15, -0.1) is 0 Å². The third kappa shape index (κ3) is 5.69. The van der Waals surface area contributed by atoms with Crippen LogP contribution in [-0.4, -0.2) is 28.6 Å². The van der Waals surface area contributed by atoms with Crippen LogP contribution in [-0.2, 0) is 4.74 Å². The molecule has 0 saturated carbocycles. The highest BCUT2D eigenvalue weighted by molar-refractivity contribution is 5.90. The van der Waals surface area contributed by atoms with Crippen LogP contribution in [0.4, 0.5) is 5.95 Å². The third-order valence-electron chi connectivity index (χ3n) is 3.35. The second-order valence-electron chi connectivity index (χ2n) is 5.19. The van der Waals surface area contributed by atoms with Crippen molar-refractivity contribution in [3.63, 3.8) is 0 Å². The van der Waals surface area contributed by atoms with Gasteiger partial charge in [-0.05, 0) is 26.7 Å². The number of anilines is 1. The maximum Gasteiger partial charge on any atom is 0.341 e. The van der Waals surface area contributed by atoms with E-state index >= 15 is 0 Å². The molecule has 1 heterocycles. The minimum atomic E-state index is -0.363. The fourth-order valence-electron chi connectivity index (χ4n) is 2.22. The highest BCUT2D eigenvalue weighted by Crippen LogP contribution is 2.14. The topological polar surface area (TPSA) is 64.1 Å². The normalized spacial score (nSPS) is 12.0. The molecule has 0 bridgehead atoms. The predicted octanol–water partition coefficient (Wildman–Crippen LogP) is 3.73. The van der Waals surface area contributed by atoms with E-state index in [-0.39, 0.29) is 5.97 Å². The smallest absolute Gasteiger partial charge is 0.341 e. The zero-order valence-electron chi connectivity index (χ0n) is 13.6. The maximum absolute atomic E-state index is 11.7. The first kappa shape index (κ1) is 17.4. The molecular formula is C16H27N3O2. The van der Waals surface area contributed by atoms with Crippen LogP contribution in [0.25, 0.3) is 0 Å². The van der Waals surface area contributed by atoms with Gasteiger partial charge in [0, 0.05) is 12.2 Å². The lowest BCUT2D eigenvalue weighted by Gasteiger charge is -2.18. The van der Waals surface area contributed by atoms with Crippen molar-refractivity contribution >= 4 is 11.9 Å². The zero-order valence-corrected chi connectivity index (χ0v) is 13.6. The molecule has 1 atom stereocenters. The maximum atomic E-state index is 11.7. The monoisotopic (exact) mass is 293 g/mol. The van der Waals surface area contributed by atoms with Gasteiger partial charge in [-0.3, -0.25) is 0 Å². The Balaban J connectivity index is 2.74. The van der Waals surface area contributed by atoms with Crippen molar-refractivity contribution < 1.29 is 9.53 Å². The fraction of sp³-hybridized carbons (Fsp3) is 0.688. The van der Waals surface area contributed by atoms with E-state index in [1.165, 1.54) is 12.8 Å². The summed E-state index contributed by atoms with van der Waals surface area (Å²) in [5.74, 6) is 0.229. The molecule has 1 aromatic heterocycles. The summed E-state index contributed by atoms with van der Waals surface area (Å²) in [6.07, 6.45) is 7.27. The van der Waals surface area contributed by atoms with E-state index in [0.717, 1.165) is 19.3 Å². The Bertz CT molecular complexity index is 449. The van der Waals surface area contributed by atoms with Crippen LogP contribution in [0, 0.1) is 6.92 Å². The molecule has 1 aromatic rings. The van der Waals surface area contributed by atoms with Crippen molar-refractivity contribution in [3.8, 4) is 0 Å². The Hall–Kier alpha value is -1.65. The summed E-state index contributed by atoms with van der Waals surface area (Å²) >= 11 is 0. The Kier molecular flexibility index (Phi) is 7.72. The molecule has 21 heavy (non-hydrogen) atoms. The number of aryl methyl sites for hydroxylation is 1. The summed E-state index contributed by atoms with van der Waals surface area (Å²) in [6.45, 7) is 8.31. The average molecular weight is 293 g/mol. The number of unbranched alkanes of at least 4 members (excludes halogenated alkanes) is 1. The lowest BCUT2D eigenvalue weighted by Crippen LogP contribution is -2.21. The molecule has 0 aliphatic carbocycles. The first-order chi connectivity index (χ1) is 10.1. The van der Waals surface area contributed by atoms with Crippen LogP contribution < -0.4 is 5.32 Å². The second kappa shape index (κ2) is 9.32. The Morgan fingerprint density at radius 3 is 2.62 bits per heavy atom. The van der Waals surface area contributed by atoms with Gasteiger partial charge in [-0.1, -0.05) is 33.1 Å². The van der Waals surface area contributed by atoms with Crippen LogP contribution in [0.15, 0.2) is 6.20 Å². The summed E-state index contributed by atoms with van der Waals surface area (Å²) in [5.41, 5.74) is 1.08. The molecule has 5 nitrogen and oxygen atoms in total. The molecule has 0 saturated heterocycles. The molecule has 5 heteroatoms. The standard InChI is InChI=1S/C16H27N3O2/c1-5-8-10-13(9-6-2)19-16-17-11-14(12(4)18-16)15(20)21-7-3/h11,13H,5-10H2,1-4H3,(H,17,18,19). The summed E-state index contributed by atoms with van der Waals surface area (Å²) in [5, 5.41) is 3.38. The molecule has 0 fully saturated rings. The van der Waals surface area contributed by atoms with Gasteiger partial charge in [-0.2, -0.15) is 0 Å². The lowest BCUT2D eigenvalue weighted by atomic mass is 10.1. The van der Waals surface area contributed by atoms with Gasteiger partial charge in [0.05, 0.1) is 17.9 Å². The number of esters is 1. The van der Waals surface area contributed by atoms with E-state index in [2.05, 4.69) is 29.1 Å². The Labute approximate surface area is 127 Å². The highest BCUT2D eigenvalue weighted by atomic mass is 16.5. The molecule has 0 spiro atoms. The summed E-state index contributed by atoms with van der Waals surface area (Å²) in [7, 11) is 0. The number of carbonyl (C=O) groups excluding carboxylic acids is 1. The zero-order chi connectivity index (χ0) is 15.7. The summed E-state index contributed by atoms with van der Waals surface area (Å²) < 4.78 is 4.98. The van der Waals surface area contributed by atoms with E-state index in [1.807, 2.05) is 0 Å². The fourth-order valence-corrected chi connectivity index (χ4v) is 2.22. The number of nitrogens with one attached hydrogen (secondary N) is 1. The van der Waals surface area contributed by atoms with Gasteiger partial charge >= 0.3 is 5.97 Å². The van der Waals surface area contributed by atoms with Crippen LogP contribution in [0.3, 0.4) is 0 Å². The number of aromatic nitrogens is 2. The SMILES string of the molecule is CCCCC(CCC)Nc1ncc(C(=O)OCC)c(C)n1. The molecule has 1 N–H and O–H groups in total. The molecule has 1 unspecified atom stereocenters. The summed E-state index contributed by atoms with van der Waals surface area (Å²) in [4.78, 5) is 20.4. The molecule has 0 aromatic carbocycles. The average Bonchev–Trinajstić information content (AvgIpc) is 2.45. The molecule has 0 aliphatic rings. The van der Waals surface area contributed by atoms with Gasteiger partial charge in [-0.25, -0.2) is 14.8 Å². The molecule has 0 radical (unpaired) electrons. The van der Waals surface area contributed by atoms with E-state index in [1.54, 1.807) is 20.0 Å². The minimum absolute atomic E-state index is 0.355. The Morgan fingerprint density at radius 2 is 2.05 bits per heavy atom. The Morgan fingerprint density at radius 1 is 1.29 bits per heavy atom. The summed E-state index contributed by atoms with van der Waals surface area (Å²) in [6, 6.07) is 0.391. The van der Waals surface area contributed by atoms with E-state index in [4.69, 9.17) is 4.74 Å². The number of nitrogens with zero attached hydrogens (tertiary/aromatic N) is 2. The largest absolute Gasteiger partial charge is 0.462 e. The van der Waals surface area contributed by atoms with E-state index in [9.17, 15) is 4.79 Å². The quantitative estimate of drug-likeness (QED) is 0.703. The molecular weight excluding hydrogens is 266 g/mol. The van der Waals surface area contributed by atoms with E-state index < -0.39 is 0 Å². The van der Waals surface area contributed by atoms with Crippen molar-refractivity contribution in [2.45, 2.75) is 65.8 Å². The van der Waals surface area contributed by atoms with Gasteiger partial charge < -0.3 is 10.1 Å². The van der Waals surface area contributed by atoms with Gasteiger partial charge in [0.1, 0.15) is 0 Å². The van der Waals surface area contributed by atoms with Crippen molar-refractivity contribution in [2.75, 3.05) is 11.9 Å². The lowest BCUT2D eigenvalue weighted by molar-refractivity contribution is 0.0524. The number of ether oxygens (including phenoxy) is 1. The van der Waals surface area contributed by atoms with Crippen molar-refractivity contribution in [3.05, 3.63) is 17.5 Å². The number of carbonyl (C=O) groups is 1. The highest BCUT2D eigenvalue weighted by Gasteiger charge is 2.14. The van der Waals surface area contributed by atoms with Crippen molar-refractivity contribution in [1.82, 2.24) is 9.97 Å². The van der Waals surface area contributed by atoms with Crippen molar-refractivity contribution in [1.29, 1.82) is 0 Å². The first-order valence-electron chi connectivity index (χ1n) is 7.89. The van der Waals surface area contributed by atoms with Gasteiger partial charge in [0.15, 0.2) is 0 Å². The number of rotatable bonds is 9. The number of hydrogen-bond donors (Lipinski definition) is 1. The molecule has 1 rings (SSSR count). The van der Waals surface area contributed by atoms with Gasteiger partial charge in [0.2, 0.25) is 5.95 Å². The van der Waals surface area contributed by atoms with Crippen molar-refractivity contribution in [2.24, 2.45) is 0 Å². The molecule has 118 valence electrons. The first-order valence-corrected chi connectivity index (χ1v) is 7.89. The van der Waals surface area contributed by atoms with Crippen LogP contribution >= 0.6 is 0 Å². The van der Waals surface area contributed by atoms with Crippen LogP contribution in [0.5, 0.6) is 0 Å². The third-order valence-corrected chi connectivity index (χ3v) is 3.35. The number of hydrogen-bond acceptors (Lipinski definition) is 5. The molecule has 0 aliphatic heterocycles. The molecule has 0 amide bonds. The predicted molar refractivity (Wildman–Crippen MR) is 84.6 cm³/mol. The van der Waals surface area contributed by atoms with E-state index in [0.29, 0.717) is 29.9 Å². The van der Waals surface area contributed by atoms with Crippen LogP contribution in [0.2, 0.25) is 0 Å². The van der Waals surface area contributed by atoms with Gasteiger partial charge in [0.25, 0.3) is 0 Å². The van der Waals surface area contributed by atoms with Crippen LogP contribution in [0.1, 0.15) is 68.9 Å².